The van der Waals surface area contributed by atoms with Gasteiger partial charge in [-0.2, -0.15) is 0 Å². The van der Waals surface area contributed by atoms with Crippen molar-refractivity contribution >= 4 is 5.97 Å². The Morgan fingerprint density at radius 2 is 1.41 bits per heavy atom. The molecule has 1 fully saturated rings. The normalized spacial score (nSPS) is 22.9. The minimum Gasteiger partial charge on any atom is -0.467 e. The molecule has 0 radical (unpaired) electrons. The van der Waals surface area contributed by atoms with Crippen molar-refractivity contribution in [2.45, 2.75) is 102 Å². The smallest absolute Gasteiger partial charge is 0.341 e. The molecule has 6 nitrogen and oxygen atoms in total. The molecule has 2 aromatic carbocycles. The molecular formula is C33H46O6. The monoisotopic (exact) mass is 538 g/mol. The van der Waals surface area contributed by atoms with Gasteiger partial charge in [0, 0.05) is 13.5 Å². The highest BCUT2D eigenvalue weighted by atomic mass is 16.7. The van der Waals surface area contributed by atoms with Gasteiger partial charge in [0.25, 0.3) is 0 Å². The largest absolute Gasteiger partial charge is 0.467 e. The summed E-state index contributed by atoms with van der Waals surface area (Å²) >= 11 is 0. The molecule has 1 saturated heterocycles. The second-order valence-electron chi connectivity index (χ2n) is 10.2. The van der Waals surface area contributed by atoms with E-state index in [0.29, 0.717) is 19.6 Å². The van der Waals surface area contributed by atoms with E-state index in [0.717, 1.165) is 24.0 Å². The zero-order valence-electron chi connectivity index (χ0n) is 23.9. The third-order valence-corrected chi connectivity index (χ3v) is 7.24. The van der Waals surface area contributed by atoms with Crippen molar-refractivity contribution in [1.29, 1.82) is 0 Å². The molecule has 0 N–H and O–H groups in total. The SMILES string of the molecule is CCCCCCCCC/C=C/C[C@]1(C(=O)OC)O[C@@H](OC)[C@H](OCc2ccccc2)[C@H]1OCc1ccccc1. The number of methoxy groups -OCH3 is 2. The number of esters is 1. The predicted molar refractivity (Wildman–Crippen MR) is 153 cm³/mol. The first-order valence-electron chi connectivity index (χ1n) is 14.4. The van der Waals surface area contributed by atoms with Crippen molar-refractivity contribution in [1.82, 2.24) is 0 Å². The molecular weight excluding hydrogens is 492 g/mol. The second-order valence-corrected chi connectivity index (χ2v) is 10.2. The zero-order valence-corrected chi connectivity index (χ0v) is 23.9. The highest BCUT2D eigenvalue weighted by Crippen LogP contribution is 2.40. The average Bonchev–Trinajstić information content (AvgIpc) is 3.29. The third kappa shape index (κ3) is 9.28. The van der Waals surface area contributed by atoms with Crippen LogP contribution in [0.5, 0.6) is 0 Å². The van der Waals surface area contributed by atoms with Crippen LogP contribution in [0.4, 0.5) is 0 Å². The minimum atomic E-state index is -1.39. The van der Waals surface area contributed by atoms with Crippen molar-refractivity contribution in [3.63, 3.8) is 0 Å². The number of allylic oxidation sites excluding steroid dienone is 1. The van der Waals surface area contributed by atoms with Crippen LogP contribution in [-0.2, 0) is 41.7 Å². The Labute approximate surface area is 234 Å². The van der Waals surface area contributed by atoms with Gasteiger partial charge in [-0.05, 0) is 24.0 Å². The Morgan fingerprint density at radius 3 is 2.00 bits per heavy atom. The fourth-order valence-electron chi connectivity index (χ4n) is 5.03. The van der Waals surface area contributed by atoms with Gasteiger partial charge in [-0.25, -0.2) is 4.79 Å². The summed E-state index contributed by atoms with van der Waals surface area (Å²) < 4.78 is 30.1. The molecule has 6 heteroatoms. The van der Waals surface area contributed by atoms with Crippen LogP contribution >= 0.6 is 0 Å². The van der Waals surface area contributed by atoms with Crippen molar-refractivity contribution in [3.8, 4) is 0 Å². The minimum absolute atomic E-state index is 0.303. The van der Waals surface area contributed by atoms with E-state index in [1.807, 2.05) is 66.7 Å². The van der Waals surface area contributed by atoms with Gasteiger partial charge in [0.15, 0.2) is 11.9 Å². The van der Waals surface area contributed by atoms with Gasteiger partial charge in [0.05, 0.1) is 20.3 Å². The number of hydrogen-bond donors (Lipinski definition) is 0. The maximum absolute atomic E-state index is 13.4. The standard InChI is InChI=1S/C33H46O6/c1-4-5-6-7-8-9-10-11-12-19-24-33(32(34)36-3)30(38-26-28-22-17-14-18-23-28)29(31(35-2)39-33)37-25-27-20-15-13-16-21-27/h12-23,29-31H,4-11,24-26H2,1-3H3/b19-12+/t29-,30-,31-,33+/m1/s1. The Hall–Kier alpha value is -2.51. The molecule has 0 unspecified atom stereocenters. The van der Waals surface area contributed by atoms with Crippen LogP contribution in [-0.4, -0.2) is 44.3 Å². The molecule has 0 amide bonds. The van der Waals surface area contributed by atoms with E-state index in [4.69, 9.17) is 23.7 Å². The van der Waals surface area contributed by atoms with Crippen molar-refractivity contribution in [2.24, 2.45) is 0 Å². The van der Waals surface area contributed by atoms with Gasteiger partial charge in [-0.15, -0.1) is 0 Å². The number of hydrogen-bond acceptors (Lipinski definition) is 6. The van der Waals surface area contributed by atoms with E-state index in [1.54, 1.807) is 7.11 Å². The maximum atomic E-state index is 13.4. The molecule has 0 spiro atoms. The third-order valence-electron chi connectivity index (χ3n) is 7.24. The summed E-state index contributed by atoms with van der Waals surface area (Å²) in [6.45, 7) is 2.88. The van der Waals surface area contributed by atoms with Crippen LogP contribution < -0.4 is 0 Å². The molecule has 1 heterocycles. The van der Waals surface area contributed by atoms with Gasteiger partial charge in [0.1, 0.15) is 12.2 Å². The number of ether oxygens (including phenoxy) is 5. The van der Waals surface area contributed by atoms with Crippen LogP contribution in [0.3, 0.4) is 0 Å². The van der Waals surface area contributed by atoms with Crippen molar-refractivity contribution < 1.29 is 28.5 Å². The summed E-state index contributed by atoms with van der Waals surface area (Å²) in [5, 5.41) is 0. The zero-order chi connectivity index (χ0) is 27.8. The van der Waals surface area contributed by atoms with Crippen LogP contribution in [0.2, 0.25) is 0 Å². The summed E-state index contributed by atoms with van der Waals surface area (Å²) in [5.74, 6) is -0.492. The van der Waals surface area contributed by atoms with Crippen LogP contribution in [0.1, 0.15) is 75.8 Å². The fraction of sp³-hybridized carbons (Fsp3) is 0.545. The van der Waals surface area contributed by atoms with Crippen LogP contribution in [0.15, 0.2) is 72.8 Å². The lowest BCUT2D eigenvalue weighted by Gasteiger charge is -2.31. The quantitative estimate of drug-likeness (QED) is 0.114. The number of benzene rings is 2. The first-order valence-corrected chi connectivity index (χ1v) is 14.4. The van der Waals surface area contributed by atoms with Crippen LogP contribution in [0.25, 0.3) is 0 Å². The first kappa shape index (κ1) is 31.0. The van der Waals surface area contributed by atoms with E-state index < -0.39 is 30.1 Å². The highest BCUT2D eigenvalue weighted by molar-refractivity contribution is 5.81. The summed E-state index contributed by atoms with van der Waals surface area (Å²) in [6.07, 6.45) is 12.1. The molecule has 39 heavy (non-hydrogen) atoms. The Morgan fingerprint density at radius 1 is 0.821 bits per heavy atom. The number of rotatable bonds is 18. The number of unbranched alkanes of at least 4 members (excludes halogenated alkanes) is 7. The summed E-state index contributed by atoms with van der Waals surface area (Å²) in [7, 11) is 2.94. The Balaban J connectivity index is 1.73. The number of carbonyl (C=O) groups excluding carboxylic acids is 1. The molecule has 4 atom stereocenters. The lowest BCUT2D eigenvalue weighted by Crippen LogP contribution is -2.52. The molecule has 3 rings (SSSR count). The van der Waals surface area contributed by atoms with Gasteiger partial charge in [0.2, 0.25) is 0 Å². The van der Waals surface area contributed by atoms with Crippen molar-refractivity contribution in [3.05, 3.63) is 83.9 Å². The van der Waals surface area contributed by atoms with E-state index in [-0.39, 0.29) is 0 Å². The summed E-state index contributed by atoms with van der Waals surface area (Å²) in [5.41, 5.74) is 0.620. The van der Waals surface area contributed by atoms with E-state index in [1.165, 1.54) is 45.6 Å². The molecule has 2 aromatic rings. The molecule has 0 aliphatic carbocycles. The lowest BCUT2D eigenvalue weighted by molar-refractivity contribution is -0.204. The fourth-order valence-corrected chi connectivity index (χ4v) is 5.03. The van der Waals surface area contributed by atoms with Crippen LogP contribution in [0, 0.1) is 0 Å². The highest BCUT2D eigenvalue weighted by Gasteiger charge is 2.61. The Bertz CT molecular complexity index is 963. The second kappa shape index (κ2) is 17.2. The Kier molecular flexibility index (Phi) is 13.7. The topological polar surface area (TPSA) is 63.2 Å². The van der Waals surface area contributed by atoms with E-state index in [2.05, 4.69) is 13.0 Å². The molecule has 0 bridgehead atoms. The average molecular weight is 539 g/mol. The summed E-state index contributed by atoms with van der Waals surface area (Å²) in [6, 6.07) is 19.8. The van der Waals surface area contributed by atoms with Gasteiger partial charge < -0.3 is 23.7 Å². The molecule has 1 aliphatic heterocycles. The summed E-state index contributed by atoms with van der Waals surface area (Å²) in [4.78, 5) is 13.4. The van der Waals surface area contributed by atoms with Gasteiger partial charge >= 0.3 is 5.97 Å². The molecule has 0 saturated carbocycles. The molecule has 1 aliphatic rings. The number of carbonyl (C=O) groups is 1. The van der Waals surface area contributed by atoms with Gasteiger partial charge in [-0.1, -0.05) is 118 Å². The van der Waals surface area contributed by atoms with E-state index >= 15 is 0 Å². The molecule has 214 valence electrons. The van der Waals surface area contributed by atoms with E-state index in [9.17, 15) is 4.79 Å². The van der Waals surface area contributed by atoms with Gasteiger partial charge in [-0.3, -0.25) is 0 Å². The first-order chi connectivity index (χ1) is 19.1. The maximum Gasteiger partial charge on any atom is 0.341 e. The van der Waals surface area contributed by atoms with Crippen molar-refractivity contribution in [2.75, 3.05) is 14.2 Å². The molecule has 0 aromatic heterocycles. The lowest BCUT2D eigenvalue weighted by atomic mass is 9.90. The predicted octanol–water partition coefficient (Wildman–Crippen LogP) is 7.16.